The second-order valence-electron chi connectivity index (χ2n) is 10.4. The molecule has 6 rings (SSSR count). The molecule has 1 saturated heterocycles. The van der Waals surface area contributed by atoms with Crippen molar-refractivity contribution in [3.63, 3.8) is 0 Å². The van der Waals surface area contributed by atoms with E-state index in [4.69, 9.17) is 10.5 Å². The number of aliphatic hydroxyl groups is 1. The molecule has 2 aromatic heterocycles. The van der Waals surface area contributed by atoms with Crippen molar-refractivity contribution in [3.8, 4) is 11.1 Å². The quantitative estimate of drug-likeness (QED) is 0.133. The van der Waals surface area contributed by atoms with E-state index in [1.54, 1.807) is 24.0 Å². The highest BCUT2D eigenvalue weighted by Crippen LogP contribution is 2.38. The number of pyridine rings is 1. The summed E-state index contributed by atoms with van der Waals surface area (Å²) in [6.45, 7) is 0.674. The highest BCUT2D eigenvalue weighted by atomic mass is 19.1. The van der Waals surface area contributed by atoms with Gasteiger partial charge in [-0.1, -0.05) is 4.79 Å². The Morgan fingerprint density at radius 2 is 1.80 bits per heavy atom. The molecule has 46 heavy (non-hydrogen) atoms. The fraction of sp³-hybridized carbons (Fsp3) is 0.400. The maximum atomic E-state index is 15.6. The van der Waals surface area contributed by atoms with Crippen LogP contribution in [0.2, 0.25) is 0 Å². The molecule has 15 nitrogen and oxygen atoms in total. The summed E-state index contributed by atoms with van der Waals surface area (Å²) in [4.78, 5) is 62.7. The normalized spacial score (nSPS) is 17.7. The van der Waals surface area contributed by atoms with Gasteiger partial charge in [0.15, 0.2) is 0 Å². The summed E-state index contributed by atoms with van der Waals surface area (Å²) >= 11 is 0. The fourth-order valence-corrected chi connectivity index (χ4v) is 5.56. The molecule has 1 aromatic carbocycles. The van der Waals surface area contributed by atoms with Gasteiger partial charge in [0.25, 0.3) is 0 Å². The van der Waals surface area contributed by atoms with Crippen molar-refractivity contribution >= 4 is 52.8 Å². The number of halogens is 1. The number of rotatable bonds is 10. The number of likely N-dealkylation sites (N-methyl/N-ethyl adjacent to an activating group) is 1. The SMILES string of the molecule is CNCC=O.CO.N=C1c2c(ccnc2NCC(=O)NCC=O)-c2cc3c(cnn3[N+]3(C(=O)CCC(=O)O)CCC1CC3)cc2F. The molecule has 0 aliphatic carbocycles. The molecule has 0 saturated carbocycles. The van der Waals surface area contributed by atoms with E-state index in [9.17, 15) is 29.1 Å². The van der Waals surface area contributed by atoms with Crippen LogP contribution in [0.4, 0.5) is 10.2 Å². The third-order valence-corrected chi connectivity index (χ3v) is 7.72. The zero-order chi connectivity index (χ0) is 33.9. The molecule has 4 bridgehead atoms. The smallest absolute Gasteiger partial charge is 0.340 e. The number of amides is 2. The third kappa shape index (κ3) is 7.64. The van der Waals surface area contributed by atoms with E-state index in [-0.39, 0.29) is 72.5 Å². The van der Waals surface area contributed by atoms with Gasteiger partial charge in [-0.15, -0.1) is 9.69 Å². The van der Waals surface area contributed by atoms with Gasteiger partial charge >= 0.3 is 11.9 Å². The van der Waals surface area contributed by atoms with Crippen molar-refractivity contribution in [2.24, 2.45) is 5.92 Å². The van der Waals surface area contributed by atoms with Crippen LogP contribution in [-0.2, 0) is 24.0 Å². The van der Waals surface area contributed by atoms with Crippen LogP contribution in [0.15, 0.2) is 30.6 Å². The van der Waals surface area contributed by atoms with Crippen LogP contribution in [0.1, 0.15) is 31.2 Å². The largest absolute Gasteiger partial charge is 0.481 e. The van der Waals surface area contributed by atoms with Crippen molar-refractivity contribution in [1.82, 2.24) is 30.1 Å². The molecule has 3 aromatic rings. The number of fused-ring (bicyclic) bond motifs is 2. The number of anilines is 1. The lowest BCUT2D eigenvalue weighted by Gasteiger charge is -2.40. The number of aldehydes is 2. The molecule has 0 unspecified atom stereocenters. The first-order chi connectivity index (χ1) is 22.2. The number of aliphatic carboxylic acids is 1. The highest BCUT2D eigenvalue weighted by molar-refractivity contribution is 6.10. The molecule has 16 heteroatoms. The van der Waals surface area contributed by atoms with Crippen LogP contribution in [0.25, 0.3) is 22.0 Å². The Morgan fingerprint density at radius 3 is 2.41 bits per heavy atom. The predicted octanol–water partition coefficient (Wildman–Crippen LogP) is 0.599. The van der Waals surface area contributed by atoms with Gasteiger partial charge in [0.2, 0.25) is 5.91 Å². The van der Waals surface area contributed by atoms with E-state index in [1.807, 2.05) is 0 Å². The highest BCUT2D eigenvalue weighted by Gasteiger charge is 2.46. The number of hydrogen-bond acceptors (Lipinski definition) is 11. The Balaban J connectivity index is 0.000000752. The number of aliphatic hydroxyl groups excluding tert-OH is 1. The van der Waals surface area contributed by atoms with E-state index in [1.165, 1.54) is 18.5 Å². The number of aromatic nitrogens is 3. The topological polar surface area (TPSA) is 216 Å². The molecule has 246 valence electrons. The molecule has 2 amide bonds. The summed E-state index contributed by atoms with van der Waals surface area (Å²) in [5, 5.41) is 38.3. The van der Waals surface area contributed by atoms with E-state index < -0.39 is 17.7 Å². The molecule has 0 radical (unpaired) electrons. The summed E-state index contributed by atoms with van der Waals surface area (Å²) in [7, 11) is 2.73. The Labute approximate surface area is 263 Å². The number of carbonyl (C=O) groups is 5. The molecule has 0 spiro atoms. The maximum absolute atomic E-state index is 15.6. The van der Waals surface area contributed by atoms with Crippen molar-refractivity contribution in [3.05, 3.63) is 42.0 Å². The van der Waals surface area contributed by atoms with Crippen molar-refractivity contribution in [2.75, 3.05) is 52.2 Å². The van der Waals surface area contributed by atoms with Crippen LogP contribution in [0, 0.1) is 17.1 Å². The Bertz CT molecular complexity index is 1600. The first kappa shape index (κ1) is 35.5. The summed E-state index contributed by atoms with van der Waals surface area (Å²) in [5.41, 5.74) is 1.64. The van der Waals surface area contributed by atoms with E-state index in [0.717, 1.165) is 13.4 Å². The first-order valence-electron chi connectivity index (χ1n) is 14.5. The predicted molar refractivity (Wildman–Crippen MR) is 167 cm³/mol. The maximum Gasteiger partial charge on any atom is 0.340 e. The summed E-state index contributed by atoms with van der Waals surface area (Å²) in [5.74, 6) is -2.45. The first-order valence-corrected chi connectivity index (χ1v) is 14.5. The molecule has 5 heterocycles. The van der Waals surface area contributed by atoms with Gasteiger partial charge in [-0.05, 0) is 30.8 Å². The van der Waals surface area contributed by atoms with Crippen molar-refractivity contribution in [1.29, 1.82) is 5.41 Å². The second kappa shape index (κ2) is 16.4. The molecular formula is C30H38FN8O7+. The monoisotopic (exact) mass is 641 g/mol. The van der Waals surface area contributed by atoms with Gasteiger partial charge in [0.1, 0.15) is 42.8 Å². The minimum Gasteiger partial charge on any atom is -0.481 e. The Morgan fingerprint density at radius 1 is 1.11 bits per heavy atom. The number of quaternary nitrogens is 1. The lowest BCUT2D eigenvalue weighted by Crippen LogP contribution is -2.66. The van der Waals surface area contributed by atoms with Gasteiger partial charge in [0.05, 0.1) is 38.7 Å². The van der Waals surface area contributed by atoms with Crippen molar-refractivity contribution in [2.45, 2.75) is 25.7 Å². The fourth-order valence-electron chi connectivity index (χ4n) is 5.56. The Kier molecular flexibility index (Phi) is 12.7. The van der Waals surface area contributed by atoms with Crippen LogP contribution in [0.3, 0.4) is 0 Å². The number of benzene rings is 1. The molecule has 3 aliphatic rings. The number of nitrogens with zero attached hydrogens (tertiary/aromatic N) is 4. The average Bonchev–Trinajstić information content (AvgIpc) is 3.48. The van der Waals surface area contributed by atoms with Crippen LogP contribution < -0.4 is 20.5 Å². The van der Waals surface area contributed by atoms with E-state index in [2.05, 4.69) is 26.0 Å². The van der Waals surface area contributed by atoms with E-state index >= 15 is 4.39 Å². The van der Waals surface area contributed by atoms with Gasteiger partial charge in [-0.25, -0.2) is 14.2 Å². The average molecular weight is 642 g/mol. The Hall–Kier alpha value is -4.93. The summed E-state index contributed by atoms with van der Waals surface area (Å²) < 4.78 is 15.3. The number of nitrogens with one attached hydrogen (secondary N) is 4. The number of hydrogen-bond donors (Lipinski definition) is 6. The number of carboxylic acid groups (broad SMARTS) is 1. The zero-order valence-corrected chi connectivity index (χ0v) is 25.6. The van der Waals surface area contributed by atoms with Crippen molar-refractivity contribution < 1.29 is 38.6 Å². The zero-order valence-electron chi connectivity index (χ0n) is 25.6. The summed E-state index contributed by atoms with van der Waals surface area (Å²) in [6.07, 6.45) is 4.68. The minimum absolute atomic E-state index is 0.136. The van der Waals surface area contributed by atoms with E-state index in [0.29, 0.717) is 47.7 Å². The molecule has 3 aliphatic heterocycles. The standard InChI is InChI=1S/C26H26FN7O5.C3H7NO.CH4O/c27-19-11-16-13-32-33-20(16)12-18(19)17-3-6-30-26(31-14-21(36)29-7-10-35)24(17)25(28)15-4-8-34(33,9-5-15)22(37)1-2-23(38)39;1-4-2-3-5;1-2/h3,6,10-13,15H,1-2,4-5,7-9,14H2,(H3-,28,29,30,31,36,38,39);3-4H,2H2,1H3;2H,1H3/p+1. The second-order valence-corrected chi connectivity index (χ2v) is 10.4. The van der Waals surface area contributed by atoms with Gasteiger partial charge in [-0.3, -0.25) is 9.59 Å². The lowest BCUT2D eigenvalue weighted by atomic mass is 9.85. The van der Waals surface area contributed by atoms with Gasteiger partial charge < -0.3 is 41.2 Å². The van der Waals surface area contributed by atoms with Gasteiger partial charge in [0, 0.05) is 54.3 Å². The molecule has 6 N–H and O–H groups in total. The number of carbonyl (C=O) groups excluding carboxylic acids is 4. The molecular weight excluding hydrogens is 603 g/mol. The lowest BCUT2D eigenvalue weighted by molar-refractivity contribution is -0.145. The molecule has 1 fully saturated rings. The summed E-state index contributed by atoms with van der Waals surface area (Å²) in [6, 6.07) is 4.53. The van der Waals surface area contributed by atoms with Gasteiger partial charge in [-0.2, -0.15) is 0 Å². The minimum atomic E-state index is -1.08. The van der Waals surface area contributed by atoms with Crippen LogP contribution in [0.5, 0.6) is 0 Å². The number of piperidine rings is 1. The number of carboxylic acids is 1. The molecule has 0 atom stereocenters. The van der Waals surface area contributed by atoms with Crippen LogP contribution >= 0.6 is 0 Å². The third-order valence-electron chi connectivity index (χ3n) is 7.72. The van der Waals surface area contributed by atoms with Crippen LogP contribution in [-0.4, -0.2) is 108 Å².